The maximum atomic E-state index is 11.4. The van der Waals surface area contributed by atoms with Crippen LogP contribution >= 0.6 is 0 Å². The molecule has 3 nitrogen and oxygen atoms in total. The first-order chi connectivity index (χ1) is 8.22. The van der Waals surface area contributed by atoms with Crippen LogP contribution in [0.4, 0.5) is 0 Å². The molecule has 0 saturated heterocycles. The molecular formula is C14H14N2O. The molecule has 2 rings (SSSR count). The predicted molar refractivity (Wildman–Crippen MR) is 68.3 cm³/mol. The fourth-order valence-electron chi connectivity index (χ4n) is 1.81. The summed E-state index contributed by atoms with van der Waals surface area (Å²) in [5, 5.41) is 0. The van der Waals surface area contributed by atoms with E-state index >= 15 is 0 Å². The van der Waals surface area contributed by atoms with Gasteiger partial charge in [0.2, 0.25) is 0 Å². The second-order valence-corrected chi connectivity index (χ2v) is 3.87. The lowest BCUT2D eigenvalue weighted by atomic mass is 9.99. The summed E-state index contributed by atoms with van der Waals surface area (Å²) in [6, 6.07) is 15.5. The first-order valence-corrected chi connectivity index (χ1v) is 5.39. The second-order valence-electron chi connectivity index (χ2n) is 3.87. The van der Waals surface area contributed by atoms with Crippen LogP contribution in [0.1, 0.15) is 15.9 Å². The Kier molecular flexibility index (Phi) is 3.21. The largest absolute Gasteiger partial charge is 0.290 e. The highest BCUT2D eigenvalue weighted by molar-refractivity contribution is 5.95. The van der Waals surface area contributed by atoms with Crippen LogP contribution in [0.3, 0.4) is 0 Å². The molecule has 0 heterocycles. The molecule has 17 heavy (non-hydrogen) atoms. The van der Waals surface area contributed by atoms with E-state index in [9.17, 15) is 4.79 Å². The van der Waals surface area contributed by atoms with Gasteiger partial charge >= 0.3 is 0 Å². The third kappa shape index (κ3) is 2.34. The first kappa shape index (κ1) is 11.4. The Balaban J connectivity index is 2.47. The maximum Gasteiger partial charge on any atom is 0.265 e. The first-order valence-electron chi connectivity index (χ1n) is 5.39. The average Bonchev–Trinajstić information content (AvgIpc) is 2.38. The fourth-order valence-corrected chi connectivity index (χ4v) is 1.81. The van der Waals surface area contributed by atoms with E-state index in [0.29, 0.717) is 5.56 Å². The summed E-state index contributed by atoms with van der Waals surface area (Å²) >= 11 is 0. The molecule has 2 aromatic rings. The van der Waals surface area contributed by atoms with Gasteiger partial charge in [0.25, 0.3) is 5.91 Å². The minimum atomic E-state index is -0.277. The van der Waals surface area contributed by atoms with Crippen LogP contribution in [-0.2, 0) is 0 Å². The van der Waals surface area contributed by atoms with Gasteiger partial charge in [0.15, 0.2) is 0 Å². The number of hydrazine groups is 1. The quantitative estimate of drug-likeness (QED) is 0.469. The third-order valence-corrected chi connectivity index (χ3v) is 2.71. The van der Waals surface area contributed by atoms with E-state index in [-0.39, 0.29) is 5.91 Å². The van der Waals surface area contributed by atoms with Crippen molar-refractivity contribution < 1.29 is 4.79 Å². The zero-order chi connectivity index (χ0) is 12.3. The van der Waals surface area contributed by atoms with Crippen molar-refractivity contribution in [2.75, 3.05) is 0 Å². The van der Waals surface area contributed by atoms with Crippen molar-refractivity contribution in [1.29, 1.82) is 0 Å². The minimum absolute atomic E-state index is 0.277. The standard InChI is InChI=1S/C14H14N2O/c1-10-5-2-3-8-13(10)11-6-4-7-12(9-11)14(17)16-15/h2-9H,15H2,1H3,(H,16,17). The molecular weight excluding hydrogens is 212 g/mol. The zero-order valence-electron chi connectivity index (χ0n) is 9.60. The summed E-state index contributed by atoms with van der Waals surface area (Å²) in [5.74, 6) is 4.85. The van der Waals surface area contributed by atoms with Crippen molar-refractivity contribution >= 4 is 5.91 Å². The van der Waals surface area contributed by atoms with Gasteiger partial charge in [-0.2, -0.15) is 0 Å². The molecule has 3 heteroatoms. The lowest BCUT2D eigenvalue weighted by molar-refractivity contribution is 0.0953. The number of hydrogen-bond donors (Lipinski definition) is 2. The predicted octanol–water partition coefficient (Wildman–Crippen LogP) is 2.27. The van der Waals surface area contributed by atoms with Gasteiger partial charge in [-0.25, -0.2) is 5.84 Å². The molecule has 0 radical (unpaired) electrons. The summed E-state index contributed by atoms with van der Waals surface area (Å²) in [6.07, 6.45) is 0. The van der Waals surface area contributed by atoms with Crippen LogP contribution in [0.5, 0.6) is 0 Å². The van der Waals surface area contributed by atoms with Crippen LogP contribution in [0.2, 0.25) is 0 Å². The van der Waals surface area contributed by atoms with Gasteiger partial charge in [-0.05, 0) is 35.7 Å². The van der Waals surface area contributed by atoms with E-state index in [1.165, 1.54) is 5.56 Å². The number of benzene rings is 2. The number of carbonyl (C=O) groups excluding carboxylic acids is 1. The van der Waals surface area contributed by atoms with Crippen molar-refractivity contribution in [2.45, 2.75) is 6.92 Å². The normalized spacial score (nSPS) is 10.0. The summed E-state index contributed by atoms with van der Waals surface area (Å²) in [6.45, 7) is 2.05. The smallest absolute Gasteiger partial charge is 0.265 e. The van der Waals surface area contributed by atoms with Crippen molar-refractivity contribution in [2.24, 2.45) is 5.84 Å². The van der Waals surface area contributed by atoms with Crippen molar-refractivity contribution in [1.82, 2.24) is 5.43 Å². The molecule has 0 bridgehead atoms. The van der Waals surface area contributed by atoms with Crippen LogP contribution in [-0.4, -0.2) is 5.91 Å². The Bertz CT molecular complexity index is 549. The van der Waals surface area contributed by atoms with Gasteiger partial charge in [-0.15, -0.1) is 0 Å². The lowest BCUT2D eigenvalue weighted by Gasteiger charge is -2.07. The highest BCUT2D eigenvalue weighted by Gasteiger charge is 2.06. The minimum Gasteiger partial charge on any atom is -0.290 e. The second kappa shape index (κ2) is 4.80. The highest BCUT2D eigenvalue weighted by atomic mass is 16.2. The van der Waals surface area contributed by atoms with Gasteiger partial charge in [-0.1, -0.05) is 36.4 Å². The molecule has 1 amide bonds. The Hall–Kier alpha value is -2.13. The Morgan fingerprint density at radius 3 is 2.59 bits per heavy atom. The number of nitrogen functional groups attached to an aromatic ring is 1. The highest BCUT2D eigenvalue weighted by Crippen LogP contribution is 2.23. The molecule has 0 unspecified atom stereocenters. The van der Waals surface area contributed by atoms with Gasteiger partial charge < -0.3 is 0 Å². The summed E-state index contributed by atoms with van der Waals surface area (Å²) < 4.78 is 0. The number of rotatable bonds is 2. The van der Waals surface area contributed by atoms with E-state index in [1.807, 2.05) is 49.4 Å². The SMILES string of the molecule is Cc1ccccc1-c1cccc(C(=O)NN)c1. The summed E-state index contributed by atoms with van der Waals surface area (Å²) in [7, 11) is 0. The Morgan fingerprint density at radius 1 is 1.12 bits per heavy atom. The number of carbonyl (C=O) groups is 1. The molecule has 2 aromatic carbocycles. The Morgan fingerprint density at radius 2 is 1.88 bits per heavy atom. The lowest BCUT2D eigenvalue weighted by Crippen LogP contribution is -2.29. The van der Waals surface area contributed by atoms with Gasteiger partial charge in [0, 0.05) is 5.56 Å². The van der Waals surface area contributed by atoms with E-state index in [2.05, 4.69) is 5.43 Å². The molecule has 0 aliphatic heterocycles. The van der Waals surface area contributed by atoms with Crippen LogP contribution in [0.15, 0.2) is 48.5 Å². The number of amides is 1. The van der Waals surface area contributed by atoms with Gasteiger partial charge in [0.1, 0.15) is 0 Å². The van der Waals surface area contributed by atoms with Gasteiger partial charge in [0.05, 0.1) is 0 Å². The molecule has 0 saturated carbocycles. The molecule has 0 aliphatic rings. The van der Waals surface area contributed by atoms with Crippen LogP contribution < -0.4 is 11.3 Å². The molecule has 3 N–H and O–H groups in total. The molecule has 0 fully saturated rings. The van der Waals surface area contributed by atoms with Crippen molar-refractivity contribution in [3.63, 3.8) is 0 Å². The van der Waals surface area contributed by atoms with Crippen LogP contribution in [0.25, 0.3) is 11.1 Å². The monoisotopic (exact) mass is 226 g/mol. The van der Waals surface area contributed by atoms with E-state index in [0.717, 1.165) is 11.1 Å². The number of nitrogens with one attached hydrogen (secondary N) is 1. The van der Waals surface area contributed by atoms with Crippen LogP contribution in [0, 0.1) is 6.92 Å². The van der Waals surface area contributed by atoms with Crippen molar-refractivity contribution in [3.05, 3.63) is 59.7 Å². The average molecular weight is 226 g/mol. The van der Waals surface area contributed by atoms with E-state index < -0.39 is 0 Å². The third-order valence-electron chi connectivity index (χ3n) is 2.71. The number of nitrogens with two attached hydrogens (primary N) is 1. The number of hydrogen-bond acceptors (Lipinski definition) is 2. The summed E-state index contributed by atoms with van der Waals surface area (Å²) in [5.41, 5.74) is 6.02. The van der Waals surface area contributed by atoms with Gasteiger partial charge in [-0.3, -0.25) is 10.2 Å². The molecule has 0 aromatic heterocycles. The molecule has 0 aliphatic carbocycles. The zero-order valence-corrected chi connectivity index (χ0v) is 9.60. The molecule has 86 valence electrons. The molecule has 0 atom stereocenters. The maximum absolute atomic E-state index is 11.4. The fraction of sp³-hybridized carbons (Fsp3) is 0.0714. The molecule has 0 spiro atoms. The van der Waals surface area contributed by atoms with E-state index in [1.54, 1.807) is 6.07 Å². The van der Waals surface area contributed by atoms with Crippen molar-refractivity contribution in [3.8, 4) is 11.1 Å². The number of aryl methyl sites for hydroxylation is 1. The Labute approximate surface area is 100 Å². The van der Waals surface area contributed by atoms with E-state index in [4.69, 9.17) is 5.84 Å². The summed E-state index contributed by atoms with van der Waals surface area (Å²) in [4.78, 5) is 11.4. The topological polar surface area (TPSA) is 55.1 Å².